The number of hydrogen-bond acceptors (Lipinski definition) is 3. The molecule has 4 nitrogen and oxygen atoms in total. The molecule has 0 spiro atoms. The summed E-state index contributed by atoms with van der Waals surface area (Å²) in [6.45, 7) is 15.6. The fraction of sp³-hybridized carbons (Fsp3) is 0.357. The van der Waals surface area contributed by atoms with Crippen LogP contribution in [-0.4, -0.2) is 16.7 Å². The molecule has 1 fully saturated rings. The lowest BCUT2D eigenvalue weighted by Gasteiger charge is -2.32. The summed E-state index contributed by atoms with van der Waals surface area (Å²) in [4.78, 5) is 10.1. The number of nitrogens with zero attached hydrogens (tertiary/aromatic N) is 3. The second-order valence-electron chi connectivity index (χ2n) is 14.2. The standard InChI is InChI=1S/C42H44N3O/c1-6-38-32-14-10-9-13-31(32)33-18-16-29-22-41-36(34-17-15-26(4)43-42(34)46-41)23-35(29)40-21-30(20-28-11-7-8-12-28)37(25(2)3)24-45(40)27(5)19-39(33)44-38/h6,9-10,13-15,17,21-25,28,33,39H,1,5,7-8,11-12,16,18-20H2,2-4H3/q+1. The second-order valence-corrected chi connectivity index (χ2v) is 14.2. The first-order valence-electron chi connectivity index (χ1n) is 17.3. The summed E-state index contributed by atoms with van der Waals surface area (Å²) in [7, 11) is 0. The number of allylic oxidation sites excluding steroid dienone is 1. The molecule has 0 radical (unpaired) electrons. The van der Waals surface area contributed by atoms with E-state index in [1.165, 1.54) is 64.8 Å². The molecule has 1 saturated carbocycles. The lowest BCUT2D eigenvalue weighted by Crippen LogP contribution is -2.39. The molecular formula is C42H44N3O+. The molecule has 0 bridgehead atoms. The van der Waals surface area contributed by atoms with E-state index in [9.17, 15) is 0 Å². The van der Waals surface area contributed by atoms with E-state index in [1.54, 1.807) is 0 Å². The van der Waals surface area contributed by atoms with Gasteiger partial charge < -0.3 is 4.42 Å². The molecule has 2 aliphatic heterocycles. The van der Waals surface area contributed by atoms with E-state index in [2.05, 4.69) is 85.8 Å². The van der Waals surface area contributed by atoms with Crippen molar-refractivity contribution in [2.24, 2.45) is 10.9 Å². The SMILES string of the molecule is C=CC1=NC2CC(=C)[n+]3cc(C(C)C)c(CC4CCCC4)cc3-c3cc4c(cc3CCC2c2ccccc21)oc1nc(C)ccc14. The van der Waals surface area contributed by atoms with Crippen LogP contribution < -0.4 is 4.57 Å². The van der Waals surface area contributed by atoms with E-state index >= 15 is 0 Å². The summed E-state index contributed by atoms with van der Waals surface area (Å²) in [5, 5.41) is 2.20. The van der Waals surface area contributed by atoms with Crippen molar-refractivity contribution in [1.29, 1.82) is 0 Å². The molecule has 5 aromatic rings. The van der Waals surface area contributed by atoms with E-state index < -0.39 is 0 Å². The van der Waals surface area contributed by atoms with Crippen LogP contribution in [0, 0.1) is 12.8 Å². The predicted octanol–water partition coefficient (Wildman–Crippen LogP) is 10.0. The van der Waals surface area contributed by atoms with E-state index in [1.807, 2.05) is 13.0 Å². The third kappa shape index (κ3) is 4.94. The zero-order chi connectivity index (χ0) is 31.5. The minimum atomic E-state index is 0.0973. The number of aryl methyl sites for hydroxylation is 2. The maximum absolute atomic E-state index is 6.42. The van der Waals surface area contributed by atoms with Gasteiger partial charge in [0.15, 0.2) is 11.9 Å². The number of hydrogen-bond donors (Lipinski definition) is 0. The monoisotopic (exact) mass is 606 g/mol. The van der Waals surface area contributed by atoms with Crippen molar-refractivity contribution in [3.05, 3.63) is 114 Å². The summed E-state index contributed by atoms with van der Waals surface area (Å²) in [5.74, 6) is 1.48. The molecule has 5 heterocycles. The van der Waals surface area contributed by atoms with E-state index in [-0.39, 0.29) is 12.0 Å². The van der Waals surface area contributed by atoms with Crippen LogP contribution in [0.1, 0.15) is 97.7 Å². The molecule has 3 aliphatic rings. The van der Waals surface area contributed by atoms with Gasteiger partial charge in [-0.05, 0) is 91.6 Å². The average molecular weight is 607 g/mol. The van der Waals surface area contributed by atoms with Gasteiger partial charge in [0.1, 0.15) is 5.58 Å². The molecule has 1 aliphatic carbocycles. The normalized spacial score (nSPS) is 19.9. The van der Waals surface area contributed by atoms with Crippen molar-refractivity contribution in [3.8, 4) is 11.3 Å². The molecule has 2 unspecified atom stereocenters. The molecule has 0 N–H and O–H groups in total. The summed E-state index contributed by atoms with van der Waals surface area (Å²) >= 11 is 0. The number of fused-ring (bicyclic) bond motifs is 9. The highest BCUT2D eigenvalue weighted by Crippen LogP contribution is 2.42. The van der Waals surface area contributed by atoms with Gasteiger partial charge >= 0.3 is 0 Å². The van der Waals surface area contributed by atoms with Crippen LogP contribution >= 0.6 is 0 Å². The smallest absolute Gasteiger partial charge is 0.227 e. The van der Waals surface area contributed by atoms with Gasteiger partial charge in [0.05, 0.1) is 23.7 Å². The maximum atomic E-state index is 6.42. The highest BCUT2D eigenvalue weighted by molar-refractivity contribution is 6.10. The van der Waals surface area contributed by atoms with Crippen molar-refractivity contribution in [3.63, 3.8) is 0 Å². The topological polar surface area (TPSA) is 42.3 Å². The molecule has 0 saturated heterocycles. The van der Waals surface area contributed by atoms with Gasteiger partial charge in [0.25, 0.3) is 0 Å². The lowest BCUT2D eigenvalue weighted by atomic mass is 9.78. The first-order valence-corrected chi connectivity index (χ1v) is 17.3. The van der Waals surface area contributed by atoms with E-state index in [4.69, 9.17) is 21.0 Å². The summed E-state index contributed by atoms with van der Waals surface area (Å²) in [6, 6.07) is 20.3. The van der Waals surface area contributed by atoms with Gasteiger partial charge in [0.2, 0.25) is 11.4 Å². The first-order chi connectivity index (χ1) is 22.4. The van der Waals surface area contributed by atoms with Gasteiger partial charge in [-0.25, -0.2) is 4.98 Å². The van der Waals surface area contributed by atoms with Crippen LogP contribution in [-0.2, 0) is 12.8 Å². The Hall–Kier alpha value is -4.31. The van der Waals surface area contributed by atoms with Gasteiger partial charge in [-0.2, -0.15) is 4.57 Å². The van der Waals surface area contributed by atoms with E-state index in [0.717, 1.165) is 65.1 Å². The molecule has 46 heavy (non-hydrogen) atoms. The minimum Gasteiger partial charge on any atom is -0.438 e. The zero-order valence-corrected chi connectivity index (χ0v) is 27.5. The number of pyridine rings is 2. The quantitative estimate of drug-likeness (QED) is 0.191. The van der Waals surface area contributed by atoms with E-state index in [0.29, 0.717) is 11.6 Å². The Morgan fingerprint density at radius 1 is 1.00 bits per heavy atom. The molecule has 4 heteroatoms. The molecular weight excluding hydrogens is 562 g/mol. The molecule has 0 amide bonds. The van der Waals surface area contributed by atoms with Crippen LogP contribution in [0.4, 0.5) is 0 Å². The summed E-state index contributed by atoms with van der Waals surface area (Å²) in [6.07, 6.45) is 13.6. The van der Waals surface area contributed by atoms with Crippen molar-refractivity contribution >= 4 is 33.5 Å². The van der Waals surface area contributed by atoms with Crippen LogP contribution in [0.3, 0.4) is 0 Å². The average Bonchev–Trinajstić information content (AvgIpc) is 3.69. The molecule has 3 aromatic heterocycles. The number of rotatable bonds is 4. The number of furan rings is 1. The zero-order valence-electron chi connectivity index (χ0n) is 27.5. The third-order valence-corrected chi connectivity index (χ3v) is 10.9. The Labute approximate surface area is 272 Å². The fourth-order valence-corrected chi connectivity index (χ4v) is 8.53. The summed E-state index contributed by atoms with van der Waals surface area (Å²) in [5.41, 5.74) is 14.0. The van der Waals surface area contributed by atoms with Gasteiger partial charge in [-0.1, -0.05) is 70.4 Å². The van der Waals surface area contributed by atoms with Crippen LogP contribution in [0.25, 0.3) is 39.0 Å². The van der Waals surface area contributed by atoms with Gasteiger partial charge in [-0.15, -0.1) is 0 Å². The highest BCUT2D eigenvalue weighted by atomic mass is 16.3. The third-order valence-electron chi connectivity index (χ3n) is 10.9. The molecule has 2 atom stereocenters. The largest absolute Gasteiger partial charge is 0.438 e. The molecule has 2 aromatic carbocycles. The first kappa shape index (κ1) is 29.1. The fourth-order valence-electron chi connectivity index (χ4n) is 8.53. The number of benzene rings is 2. The Kier molecular flexibility index (Phi) is 7.27. The Morgan fingerprint density at radius 3 is 2.63 bits per heavy atom. The van der Waals surface area contributed by atoms with Crippen molar-refractivity contribution in [1.82, 2.24) is 4.98 Å². The lowest BCUT2D eigenvalue weighted by molar-refractivity contribution is -0.572. The number of aliphatic imine (C=N–C) groups is 1. The second kappa shape index (κ2) is 11.5. The number of aromatic nitrogens is 2. The molecule has 8 rings (SSSR count). The van der Waals surface area contributed by atoms with Crippen molar-refractivity contribution in [2.75, 3.05) is 0 Å². The predicted molar refractivity (Wildman–Crippen MR) is 190 cm³/mol. The minimum absolute atomic E-state index is 0.0973. The maximum Gasteiger partial charge on any atom is 0.227 e. The van der Waals surface area contributed by atoms with Crippen LogP contribution in [0.15, 0.2) is 89.4 Å². The van der Waals surface area contributed by atoms with Crippen LogP contribution in [0.2, 0.25) is 0 Å². The highest BCUT2D eigenvalue weighted by Gasteiger charge is 2.35. The Bertz CT molecular complexity index is 2060. The van der Waals surface area contributed by atoms with Crippen LogP contribution in [0.5, 0.6) is 0 Å². The van der Waals surface area contributed by atoms with Crippen molar-refractivity contribution < 1.29 is 8.98 Å². The van der Waals surface area contributed by atoms with Gasteiger partial charge in [0, 0.05) is 39.6 Å². The van der Waals surface area contributed by atoms with Gasteiger partial charge in [-0.3, -0.25) is 4.99 Å². The Morgan fingerprint density at radius 2 is 1.83 bits per heavy atom. The molecule has 232 valence electrons. The van der Waals surface area contributed by atoms with Crippen molar-refractivity contribution in [2.45, 2.75) is 90.0 Å². The summed E-state index contributed by atoms with van der Waals surface area (Å²) < 4.78 is 8.83. The Balaban J connectivity index is 1.37.